The molecule has 0 radical (unpaired) electrons. The van der Waals surface area contributed by atoms with Crippen LogP contribution in [0.3, 0.4) is 0 Å². The van der Waals surface area contributed by atoms with E-state index in [0.717, 1.165) is 45.5 Å². The van der Waals surface area contributed by atoms with Crippen LogP contribution in [-0.4, -0.2) is 15.2 Å². The number of aromatic amines is 1. The summed E-state index contributed by atoms with van der Waals surface area (Å²) < 4.78 is 0. The SMILES string of the molecule is Clc1cccc(-c2nc3ccc4cn[nH]c4c3c3c2CC3)c1. The van der Waals surface area contributed by atoms with Crippen molar-refractivity contribution in [3.63, 3.8) is 0 Å². The van der Waals surface area contributed by atoms with E-state index in [0.29, 0.717) is 0 Å². The minimum atomic E-state index is 0.747. The Labute approximate surface area is 131 Å². The number of nitrogens with one attached hydrogen (secondary N) is 1. The third-order valence-corrected chi connectivity index (χ3v) is 4.74. The molecule has 0 saturated heterocycles. The quantitative estimate of drug-likeness (QED) is 0.561. The van der Waals surface area contributed by atoms with Crippen molar-refractivity contribution in [1.82, 2.24) is 15.2 Å². The minimum absolute atomic E-state index is 0.747. The maximum Gasteiger partial charge on any atom is 0.0747 e. The van der Waals surface area contributed by atoms with Gasteiger partial charge < -0.3 is 0 Å². The van der Waals surface area contributed by atoms with Crippen LogP contribution in [0.5, 0.6) is 0 Å². The normalized spacial score (nSPS) is 13.3. The Kier molecular flexibility index (Phi) is 2.38. The Morgan fingerprint density at radius 3 is 2.77 bits per heavy atom. The minimum Gasteiger partial charge on any atom is -0.277 e. The van der Waals surface area contributed by atoms with Crippen molar-refractivity contribution >= 4 is 33.4 Å². The van der Waals surface area contributed by atoms with Gasteiger partial charge in [0.2, 0.25) is 0 Å². The van der Waals surface area contributed by atoms with E-state index in [4.69, 9.17) is 16.6 Å². The molecule has 0 bridgehead atoms. The summed E-state index contributed by atoms with van der Waals surface area (Å²) in [5, 5.41) is 10.4. The van der Waals surface area contributed by atoms with E-state index in [1.807, 2.05) is 24.4 Å². The van der Waals surface area contributed by atoms with Crippen molar-refractivity contribution in [1.29, 1.82) is 0 Å². The van der Waals surface area contributed by atoms with Crippen molar-refractivity contribution in [3.05, 3.63) is 58.7 Å². The zero-order chi connectivity index (χ0) is 14.7. The molecule has 4 heteroatoms. The first kappa shape index (κ1) is 12.2. The van der Waals surface area contributed by atoms with Gasteiger partial charge in [0.15, 0.2) is 0 Å². The molecule has 1 N–H and O–H groups in total. The number of aryl methyl sites for hydroxylation is 1. The molecule has 106 valence electrons. The van der Waals surface area contributed by atoms with Crippen LogP contribution in [0.15, 0.2) is 42.6 Å². The van der Waals surface area contributed by atoms with Gasteiger partial charge in [-0.2, -0.15) is 5.10 Å². The van der Waals surface area contributed by atoms with Crippen LogP contribution in [-0.2, 0) is 12.8 Å². The number of hydrogen-bond donors (Lipinski definition) is 1. The Bertz CT molecular complexity index is 1050. The third-order valence-electron chi connectivity index (χ3n) is 4.50. The van der Waals surface area contributed by atoms with Crippen molar-refractivity contribution in [2.24, 2.45) is 0 Å². The van der Waals surface area contributed by atoms with Crippen LogP contribution >= 0.6 is 11.6 Å². The number of nitrogens with zero attached hydrogens (tertiary/aromatic N) is 2. The maximum atomic E-state index is 6.15. The lowest BCUT2D eigenvalue weighted by atomic mass is 9.82. The largest absolute Gasteiger partial charge is 0.277 e. The standard InChI is InChI=1S/C18H12ClN3/c19-12-3-1-2-10(8-12)17-14-6-5-13(14)16-15(21-17)7-4-11-9-20-22-18(11)16/h1-4,7-9H,5-6H2,(H,20,22). The Balaban J connectivity index is 1.88. The molecule has 1 aliphatic carbocycles. The molecule has 0 fully saturated rings. The first-order chi connectivity index (χ1) is 10.8. The summed E-state index contributed by atoms with van der Waals surface area (Å²) in [5.74, 6) is 0. The molecule has 2 heterocycles. The van der Waals surface area contributed by atoms with E-state index in [2.05, 4.69) is 28.4 Å². The van der Waals surface area contributed by atoms with Gasteiger partial charge in [0.25, 0.3) is 0 Å². The molecule has 4 aromatic rings. The zero-order valence-corrected chi connectivity index (χ0v) is 12.5. The van der Waals surface area contributed by atoms with Crippen molar-refractivity contribution in [2.45, 2.75) is 12.8 Å². The number of rotatable bonds is 1. The number of halogens is 1. The van der Waals surface area contributed by atoms with Gasteiger partial charge in [-0.3, -0.25) is 5.10 Å². The summed E-state index contributed by atoms with van der Waals surface area (Å²) in [4.78, 5) is 4.92. The highest BCUT2D eigenvalue weighted by molar-refractivity contribution is 6.30. The predicted octanol–water partition coefficient (Wildman–Crippen LogP) is 4.53. The van der Waals surface area contributed by atoms with Gasteiger partial charge in [-0.25, -0.2) is 4.98 Å². The first-order valence-corrected chi connectivity index (χ1v) is 7.72. The number of H-pyrrole nitrogens is 1. The van der Waals surface area contributed by atoms with Crippen molar-refractivity contribution in [3.8, 4) is 11.3 Å². The number of aromatic nitrogens is 3. The van der Waals surface area contributed by atoms with Crippen LogP contribution in [0.25, 0.3) is 33.1 Å². The smallest absolute Gasteiger partial charge is 0.0747 e. The molecule has 0 spiro atoms. The van der Waals surface area contributed by atoms with E-state index in [1.54, 1.807) is 0 Å². The summed E-state index contributed by atoms with van der Waals surface area (Å²) in [7, 11) is 0. The van der Waals surface area contributed by atoms with E-state index >= 15 is 0 Å². The van der Waals surface area contributed by atoms with Crippen LogP contribution in [0.2, 0.25) is 5.02 Å². The summed E-state index contributed by atoms with van der Waals surface area (Å²) >= 11 is 6.15. The highest BCUT2D eigenvalue weighted by atomic mass is 35.5. The fraction of sp³-hybridized carbons (Fsp3) is 0.111. The number of hydrogen-bond acceptors (Lipinski definition) is 2. The first-order valence-electron chi connectivity index (χ1n) is 7.35. The van der Waals surface area contributed by atoms with Crippen LogP contribution in [0.1, 0.15) is 11.1 Å². The maximum absolute atomic E-state index is 6.15. The van der Waals surface area contributed by atoms with E-state index in [9.17, 15) is 0 Å². The van der Waals surface area contributed by atoms with Gasteiger partial charge in [0.05, 0.1) is 22.9 Å². The molecule has 2 aromatic heterocycles. The van der Waals surface area contributed by atoms with Gasteiger partial charge >= 0.3 is 0 Å². The van der Waals surface area contributed by atoms with Crippen LogP contribution < -0.4 is 0 Å². The lowest BCUT2D eigenvalue weighted by molar-refractivity contribution is 0.846. The number of fused-ring (bicyclic) bond motifs is 5. The molecule has 1 aliphatic rings. The molecule has 3 nitrogen and oxygen atoms in total. The Hall–Kier alpha value is -2.39. The molecule has 0 atom stereocenters. The molecule has 0 unspecified atom stereocenters. The second-order valence-electron chi connectivity index (χ2n) is 5.72. The van der Waals surface area contributed by atoms with E-state index < -0.39 is 0 Å². The highest BCUT2D eigenvalue weighted by Crippen LogP contribution is 2.39. The molecule has 22 heavy (non-hydrogen) atoms. The number of benzene rings is 2. The third kappa shape index (κ3) is 1.57. The summed E-state index contributed by atoms with van der Waals surface area (Å²) in [6, 6.07) is 12.1. The van der Waals surface area contributed by atoms with Gasteiger partial charge in [-0.05, 0) is 48.2 Å². The lowest BCUT2D eigenvalue weighted by Gasteiger charge is -2.24. The van der Waals surface area contributed by atoms with Crippen LogP contribution in [0.4, 0.5) is 0 Å². The van der Waals surface area contributed by atoms with Gasteiger partial charge in [0, 0.05) is 21.4 Å². The van der Waals surface area contributed by atoms with Gasteiger partial charge in [-0.1, -0.05) is 23.7 Å². The fourth-order valence-electron chi connectivity index (χ4n) is 3.38. The monoisotopic (exact) mass is 305 g/mol. The average molecular weight is 306 g/mol. The molecule has 5 rings (SSSR count). The molecular weight excluding hydrogens is 294 g/mol. The summed E-state index contributed by atoms with van der Waals surface area (Å²) in [6.07, 6.45) is 4.04. The predicted molar refractivity (Wildman–Crippen MR) is 89.2 cm³/mol. The van der Waals surface area contributed by atoms with E-state index in [-0.39, 0.29) is 0 Å². The molecular formula is C18H12ClN3. The lowest BCUT2D eigenvalue weighted by Crippen LogP contribution is -2.13. The van der Waals surface area contributed by atoms with Crippen molar-refractivity contribution < 1.29 is 0 Å². The topological polar surface area (TPSA) is 41.6 Å². The Morgan fingerprint density at radius 2 is 1.95 bits per heavy atom. The van der Waals surface area contributed by atoms with Gasteiger partial charge in [-0.15, -0.1) is 0 Å². The summed E-state index contributed by atoms with van der Waals surface area (Å²) in [6.45, 7) is 0. The summed E-state index contributed by atoms with van der Waals surface area (Å²) in [5.41, 5.74) is 7.01. The van der Waals surface area contributed by atoms with Crippen molar-refractivity contribution in [2.75, 3.05) is 0 Å². The number of pyridine rings is 1. The second-order valence-corrected chi connectivity index (χ2v) is 6.16. The molecule has 0 amide bonds. The fourth-order valence-corrected chi connectivity index (χ4v) is 3.57. The second kappa shape index (κ2) is 4.31. The molecule has 0 saturated carbocycles. The highest BCUT2D eigenvalue weighted by Gasteiger charge is 2.24. The zero-order valence-electron chi connectivity index (χ0n) is 11.7. The van der Waals surface area contributed by atoms with Crippen LogP contribution in [0, 0.1) is 0 Å². The Morgan fingerprint density at radius 1 is 1.05 bits per heavy atom. The molecule has 0 aliphatic heterocycles. The molecule has 2 aromatic carbocycles. The van der Waals surface area contributed by atoms with E-state index in [1.165, 1.54) is 16.5 Å². The average Bonchev–Trinajstić information content (AvgIpc) is 2.95. The van der Waals surface area contributed by atoms with Gasteiger partial charge in [0.1, 0.15) is 0 Å².